The molecule has 0 radical (unpaired) electrons. The molecule has 0 saturated carbocycles. The van der Waals surface area contributed by atoms with E-state index in [0.29, 0.717) is 29.1 Å². The first-order valence-corrected chi connectivity index (χ1v) is 10.3. The SMILES string of the molecule is CC(C)c1cccc2sc(N(Cc3ccco3)C(=O)COc3ccccc3)nc12. The highest BCUT2D eigenvalue weighted by Gasteiger charge is 2.23. The first-order valence-electron chi connectivity index (χ1n) is 9.52. The summed E-state index contributed by atoms with van der Waals surface area (Å²) in [6, 6.07) is 19.2. The summed E-state index contributed by atoms with van der Waals surface area (Å²) in [5.74, 6) is 1.53. The molecule has 0 atom stereocenters. The third-order valence-corrected chi connectivity index (χ3v) is 5.64. The molecule has 4 rings (SSSR count). The number of hydrogen-bond acceptors (Lipinski definition) is 5. The minimum Gasteiger partial charge on any atom is -0.484 e. The average Bonchev–Trinajstić information content (AvgIpc) is 3.40. The van der Waals surface area contributed by atoms with Gasteiger partial charge in [0, 0.05) is 0 Å². The van der Waals surface area contributed by atoms with Crippen molar-refractivity contribution in [3.8, 4) is 5.75 Å². The topological polar surface area (TPSA) is 55.6 Å². The van der Waals surface area contributed by atoms with E-state index in [1.165, 1.54) is 16.9 Å². The minimum absolute atomic E-state index is 0.0717. The van der Waals surface area contributed by atoms with Crippen LogP contribution < -0.4 is 9.64 Å². The van der Waals surface area contributed by atoms with Crippen LogP contribution in [-0.4, -0.2) is 17.5 Å². The van der Waals surface area contributed by atoms with Crippen LogP contribution in [0.1, 0.15) is 31.1 Å². The van der Waals surface area contributed by atoms with Crippen LogP contribution in [0.2, 0.25) is 0 Å². The number of aromatic nitrogens is 1. The van der Waals surface area contributed by atoms with Gasteiger partial charge in [0.15, 0.2) is 11.7 Å². The van der Waals surface area contributed by atoms with Crippen LogP contribution in [0, 0.1) is 0 Å². The van der Waals surface area contributed by atoms with Crippen molar-refractivity contribution >= 4 is 32.6 Å². The molecule has 2 heterocycles. The van der Waals surface area contributed by atoms with Crippen molar-refractivity contribution in [2.45, 2.75) is 26.3 Å². The number of thiazole rings is 1. The number of carbonyl (C=O) groups is 1. The largest absolute Gasteiger partial charge is 0.484 e. The van der Waals surface area contributed by atoms with Crippen molar-refractivity contribution in [2.75, 3.05) is 11.5 Å². The van der Waals surface area contributed by atoms with Gasteiger partial charge in [-0.25, -0.2) is 4.98 Å². The molecule has 148 valence electrons. The van der Waals surface area contributed by atoms with Crippen molar-refractivity contribution in [1.82, 2.24) is 4.98 Å². The lowest BCUT2D eigenvalue weighted by molar-refractivity contribution is -0.120. The molecular formula is C23H22N2O3S. The van der Waals surface area contributed by atoms with Gasteiger partial charge >= 0.3 is 0 Å². The predicted molar refractivity (Wildman–Crippen MR) is 116 cm³/mol. The van der Waals surface area contributed by atoms with E-state index in [4.69, 9.17) is 14.1 Å². The Morgan fingerprint density at radius 2 is 1.93 bits per heavy atom. The Balaban J connectivity index is 1.64. The summed E-state index contributed by atoms with van der Waals surface area (Å²) < 4.78 is 12.2. The second kappa shape index (κ2) is 8.49. The standard InChI is InChI=1S/C23H22N2O3S/c1-16(2)19-11-6-12-20-22(19)24-23(29-20)25(14-18-10-7-13-27-18)21(26)15-28-17-8-4-3-5-9-17/h3-13,16H,14-15H2,1-2H3. The third kappa shape index (κ3) is 4.32. The van der Waals surface area contributed by atoms with Crippen molar-refractivity contribution in [1.29, 1.82) is 0 Å². The normalized spacial score (nSPS) is 11.1. The van der Waals surface area contributed by atoms with Crippen LogP contribution in [0.25, 0.3) is 10.2 Å². The zero-order valence-electron chi connectivity index (χ0n) is 16.4. The summed E-state index contributed by atoms with van der Waals surface area (Å²) in [5.41, 5.74) is 2.12. The van der Waals surface area contributed by atoms with Gasteiger partial charge in [-0.15, -0.1) is 0 Å². The van der Waals surface area contributed by atoms with Crippen LogP contribution in [0.3, 0.4) is 0 Å². The van der Waals surface area contributed by atoms with Gasteiger partial charge in [-0.3, -0.25) is 9.69 Å². The van der Waals surface area contributed by atoms with E-state index in [0.717, 1.165) is 10.2 Å². The second-order valence-corrected chi connectivity index (χ2v) is 8.02. The quantitative estimate of drug-likeness (QED) is 0.399. The molecule has 0 N–H and O–H groups in total. The fourth-order valence-corrected chi connectivity index (χ4v) is 4.12. The number of nitrogens with zero attached hydrogens (tertiary/aromatic N) is 2. The summed E-state index contributed by atoms with van der Waals surface area (Å²) in [6.45, 7) is 4.53. The molecule has 0 saturated heterocycles. The first kappa shape index (κ1) is 19.2. The number of furan rings is 1. The fourth-order valence-electron chi connectivity index (χ4n) is 3.10. The highest BCUT2D eigenvalue weighted by atomic mass is 32.1. The maximum absolute atomic E-state index is 13.1. The zero-order valence-corrected chi connectivity index (χ0v) is 17.2. The summed E-state index contributed by atoms with van der Waals surface area (Å²) in [6.07, 6.45) is 1.60. The number of rotatable bonds is 7. The number of ether oxygens (including phenoxy) is 1. The van der Waals surface area contributed by atoms with Crippen LogP contribution in [0.5, 0.6) is 5.75 Å². The molecule has 0 fully saturated rings. The highest BCUT2D eigenvalue weighted by molar-refractivity contribution is 7.22. The smallest absolute Gasteiger partial charge is 0.267 e. The minimum atomic E-state index is -0.171. The van der Waals surface area contributed by atoms with Crippen molar-refractivity contribution in [3.05, 3.63) is 78.3 Å². The number of anilines is 1. The molecule has 0 unspecified atom stereocenters. The number of carbonyl (C=O) groups excluding carboxylic acids is 1. The lowest BCUT2D eigenvalue weighted by Crippen LogP contribution is -2.34. The van der Waals surface area contributed by atoms with E-state index in [1.807, 2.05) is 54.6 Å². The van der Waals surface area contributed by atoms with E-state index in [9.17, 15) is 4.79 Å². The molecule has 2 aromatic heterocycles. The van der Waals surface area contributed by atoms with Gasteiger partial charge in [-0.2, -0.15) is 0 Å². The lowest BCUT2D eigenvalue weighted by Gasteiger charge is -2.19. The fraction of sp³-hybridized carbons (Fsp3) is 0.217. The van der Waals surface area contributed by atoms with E-state index in [2.05, 4.69) is 19.9 Å². The zero-order chi connectivity index (χ0) is 20.2. The Hall–Kier alpha value is -3.12. The number of hydrogen-bond donors (Lipinski definition) is 0. The predicted octanol–water partition coefficient (Wildman–Crippen LogP) is 5.62. The molecule has 29 heavy (non-hydrogen) atoms. The van der Waals surface area contributed by atoms with Crippen LogP contribution >= 0.6 is 11.3 Å². The number of para-hydroxylation sites is 2. The van der Waals surface area contributed by atoms with Crippen molar-refractivity contribution in [3.63, 3.8) is 0 Å². The Kier molecular flexibility index (Phi) is 5.62. The summed E-state index contributed by atoms with van der Waals surface area (Å²) in [4.78, 5) is 19.5. The summed E-state index contributed by atoms with van der Waals surface area (Å²) in [7, 11) is 0. The highest BCUT2D eigenvalue weighted by Crippen LogP contribution is 2.34. The summed E-state index contributed by atoms with van der Waals surface area (Å²) >= 11 is 1.51. The monoisotopic (exact) mass is 406 g/mol. The molecule has 1 amide bonds. The molecule has 4 aromatic rings. The van der Waals surface area contributed by atoms with E-state index in [1.54, 1.807) is 11.2 Å². The Morgan fingerprint density at radius 3 is 2.66 bits per heavy atom. The number of benzene rings is 2. The maximum atomic E-state index is 13.1. The number of amides is 1. The van der Waals surface area contributed by atoms with Crippen molar-refractivity contribution < 1.29 is 13.9 Å². The van der Waals surface area contributed by atoms with E-state index in [-0.39, 0.29) is 12.5 Å². The van der Waals surface area contributed by atoms with Gasteiger partial charge in [0.1, 0.15) is 11.5 Å². The Bertz CT molecular complexity index is 1090. The molecular weight excluding hydrogens is 384 g/mol. The molecule has 2 aromatic carbocycles. The number of fused-ring (bicyclic) bond motifs is 1. The Labute approximate surface area is 173 Å². The van der Waals surface area contributed by atoms with Crippen molar-refractivity contribution in [2.24, 2.45) is 0 Å². The van der Waals surface area contributed by atoms with Gasteiger partial charge < -0.3 is 9.15 Å². The second-order valence-electron chi connectivity index (χ2n) is 7.01. The van der Waals surface area contributed by atoms with Gasteiger partial charge in [-0.1, -0.05) is 55.5 Å². The van der Waals surface area contributed by atoms with E-state index < -0.39 is 0 Å². The molecule has 5 nitrogen and oxygen atoms in total. The van der Waals surface area contributed by atoms with Gasteiger partial charge in [0.2, 0.25) is 0 Å². The van der Waals surface area contributed by atoms with Gasteiger partial charge in [0.05, 0.1) is 23.0 Å². The average molecular weight is 407 g/mol. The molecule has 0 aliphatic heterocycles. The third-order valence-electron chi connectivity index (χ3n) is 4.59. The first-order chi connectivity index (χ1) is 14.1. The molecule has 0 aliphatic carbocycles. The molecule has 6 heteroatoms. The van der Waals surface area contributed by atoms with Gasteiger partial charge in [0.25, 0.3) is 5.91 Å². The van der Waals surface area contributed by atoms with Crippen LogP contribution in [-0.2, 0) is 11.3 Å². The maximum Gasteiger partial charge on any atom is 0.267 e. The van der Waals surface area contributed by atoms with Crippen LogP contribution in [0.4, 0.5) is 5.13 Å². The van der Waals surface area contributed by atoms with E-state index >= 15 is 0 Å². The Morgan fingerprint density at radius 1 is 1.10 bits per heavy atom. The molecule has 0 aliphatic rings. The molecule has 0 bridgehead atoms. The van der Waals surface area contributed by atoms with Crippen LogP contribution in [0.15, 0.2) is 71.3 Å². The summed E-state index contributed by atoms with van der Waals surface area (Å²) in [5, 5.41) is 0.645. The molecule has 0 spiro atoms. The van der Waals surface area contributed by atoms with Gasteiger partial charge in [-0.05, 0) is 41.8 Å². The lowest BCUT2D eigenvalue weighted by atomic mass is 10.0.